The summed E-state index contributed by atoms with van der Waals surface area (Å²) >= 11 is 0. The monoisotopic (exact) mass is 373 g/mol. The van der Waals surface area contributed by atoms with E-state index in [2.05, 4.69) is 66.0 Å². The van der Waals surface area contributed by atoms with Crippen LogP contribution in [0.2, 0.25) is 0 Å². The Morgan fingerprint density at radius 1 is 1.00 bits per heavy atom. The topological polar surface area (TPSA) is 30.5 Å². The molecule has 0 bridgehead atoms. The maximum absolute atomic E-state index is 6.38. The standard InChI is InChI=1S/C25H27NO2/c1-26-17-16-25(20-10-6-3-7-11-20)27-22-13-15-24-21(18-22)12-14-23(28-24)19-8-4-2-5-9-19/h2-11,13,15,18,23,25-26H,12,14,16-17H2,1H3. The van der Waals surface area contributed by atoms with Crippen molar-refractivity contribution >= 4 is 0 Å². The molecule has 0 aliphatic carbocycles. The third-order valence-electron chi connectivity index (χ3n) is 5.25. The van der Waals surface area contributed by atoms with Crippen LogP contribution in [0.15, 0.2) is 78.9 Å². The predicted molar refractivity (Wildman–Crippen MR) is 113 cm³/mol. The molecular weight excluding hydrogens is 346 g/mol. The van der Waals surface area contributed by atoms with Crippen LogP contribution in [0.3, 0.4) is 0 Å². The molecule has 1 aliphatic heterocycles. The van der Waals surface area contributed by atoms with Crippen molar-refractivity contribution in [2.24, 2.45) is 0 Å². The molecule has 144 valence electrons. The summed E-state index contributed by atoms with van der Waals surface area (Å²) in [6, 6.07) is 27.1. The number of fused-ring (bicyclic) bond motifs is 1. The molecule has 1 N–H and O–H groups in total. The van der Waals surface area contributed by atoms with E-state index >= 15 is 0 Å². The molecule has 0 fully saturated rings. The Hall–Kier alpha value is -2.78. The third-order valence-corrected chi connectivity index (χ3v) is 5.25. The van der Waals surface area contributed by atoms with Crippen molar-refractivity contribution in [3.8, 4) is 11.5 Å². The Kier molecular flexibility index (Phi) is 5.93. The lowest BCUT2D eigenvalue weighted by Gasteiger charge is -2.27. The van der Waals surface area contributed by atoms with Gasteiger partial charge in [0.15, 0.2) is 0 Å². The second-order valence-electron chi connectivity index (χ2n) is 7.23. The summed E-state index contributed by atoms with van der Waals surface area (Å²) in [5.41, 5.74) is 3.67. The highest BCUT2D eigenvalue weighted by Crippen LogP contribution is 2.37. The number of hydrogen-bond donors (Lipinski definition) is 1. The van der Waals surface area contributed by atoms with E-state index in [0.29, 0.717) is 0 Å². The van der Waals surface area contributed by atoms with Crippen LogP contribution in [-0.2, 0) is 6.42 Å². The molecule has 1 heterocycles. The van der Waals surface area contributed by atoms with Gasteiger partial charge in [-0.3, -0.25) is 0 Å². The van der Waals surface area contributed by atoms with E-state index in [1.54, 1.807) is 0 Å². The van der Waals surface area contributed by atoms with Gasteiger partial charge in [-0.1, -0.05) is 60.7 Å². The molecule has 0 spiro atoms. The van der Waals surface area contributed by atoms with Crippen LogP contribution < -0.4 is 14.8 Å². The minimum Gasteiger partial charge on any atom is -0.486 e. The van der Waals surface area contributed by atoms with Gasteiger partial charge in [-0.2, -0.15) is 0 Å². The zero-order valence-electron chi connectivity index (χ0n) is 16.3. The number of rotatable bonds is 7. The van der Waals surface area contributed by atoms with Crippen molar-refractivity contribution in [1.29, 1.82) is 0 Å². The smallest absolute Gasteiger partial charge is 0.125 e. The van der Waals surface area contributed by atoms with Gasteiger partial charge >= 0.3 is 0 Å². The zero-order chi connectivity index (χ0) is 19.2. The number of benzene rings is 3. The largest absolute Gasteiger partial charge is 0.486 e. The van der Waals surface area contributed by atoms with Crippen molar-refractivity contribution in [2.75, 3.05) is 13.6 Å². The molecule has 0 saturated carbocycles. The summed E-state index contributed by atoms with van der Waals surface area (Å²) in [7, 11) is 1.97. The van der Waals surface area contributed by atoms with Crippen molar-refractivity contribution in [2.45, 2.75) is 31.5 Å². The summed E-state index contributed by atoms with van der Waals surface area (Å²) in [4.78, 5) is 0. The van der Waals surface area contributed by atoms with Crippen LogP contribution in [-0.4, -0.2) is 13.6 Å². The molecule has 1 aliphatic rings. The zero-order valence-corrected chi connectivity index (χ0v) is 16.3. The Morgan fingerprint density at radius 2 is 1.75 bits per heavy atom. The Bertz CT molecular complexity index is 880. The summed E-state index contributed by atoms with van der Waals surface area (Å²) in [5.74, 6) is 1.88. The first-order chi connectivity index (χ1) is 13.8. The summed E-state index contributed by atoms with van der Waals surface area (Å²) < 4.78 is 12.6. The van der Waals surface area contributed by atoms with E-state index in [1.165, 1.54) is 16.7 Å². The average Bonchev–Trinajstić information content (AvgIpc) is 2.77. The van der Waals surface area contributed by atoms with E-state index in [4.69, 9.17) is 9.47 Å². The van der Waals surface area contributed by atoms with Gasteiger partial charge in [-0.25, -0.2) is 0 Å². The van der Waals surface area contributed by atoms with Gasteiger partial charge in [0, 0.05) is 6.42 Å². The lowest BCUT2D eigenvalue weighted by molar-refractivity contribution is 0.173. The molecule has 2 atom stereocenters. The fourth-order valence-electron chi connectivity index (χ4n) is 3.74. The summed E-state index contributed by atoms with van der Waals surface area (Å²) in [6.45, 7) is 0.909. The molecule has 0 amide bonds. The van der Waals surface area contributed by atoms with E-state index in [1.807, 2.05) is 25.2 Å². The third kappa shape index (κ3) is 4.37. The first-order valence-corrected chi connectivity index (χ1v) is 10.0. The minimum atomic E-state index is 0.0354. The van der Waals surface area contributed by atoms with E-state index in [9.17, 15) is 0 Å². The molecule has 3 aromatic rings. The van der Waals surface area contributed by atoms with Crippen LogP contribution >= 0.6 is 0 Å². The fourth-order valence-corrected chi connectivity index (χ4v) is 3.74. The molecule has 3 aromatic carbocycles. The lowest BCUT2D eigenvalue weighted by atomic mass is 9.97. The van der Waals surface area contributed by atoms with Crippen LogP contribution in [0, 0.1) is 0 Å². The van der Waals surface area contributed by atoms with Crippen molar-refractivity contribution in [1.82, 2.24) is 5.32 Å². The SMILES string of the molecule is CNCCC(Oc1ccc2c(c1)CCC(c1ccccc1)O2)c1ccccc1. The fraction of sp³-hybridized carbons (Fsp3) is 0.280. The first kappa shape index (κ1) is 18.6. The summed E-state index contributed by atoms with van der Waals surface area (Å²) in [6.07, 6.45) is 3.08. The second kappa shape index (κ2) is 8.94. The van der Waals surface area contributed by atoms with Gasteiger partial charge < -0.3 is 14.8 Å². The Labute approximate surface area is 167 Å². The molecule has 28 heavy (non-hydrogen) atoms. The van der Waals surface area contributed by atoms with Gasteiger partial charge in [0.25, 0.3) is 0 Å². The average molecular weight is 373 g/mol. The number of ether oxygens (including phenoxy) is 2. The summed E-state index contributed by atoms with van der Waals surface area (Å²) in [5, 5.41) is 3.22. The van der Waals surface area contributed by atoms with E-state index in [-0.39, 0.29) is 12.2 Å². The van der Waals surface area contributed by atoms with Gasteiger partial charge in [0.1, 0.15) is 23.7 Å². The quantitative estimate of drug-likeness (QED) is 0.595. The lowest BCUT2D eigenvalue weighted by Crippen LogP contribution is -2.17. The Morgan fingerprint density at radius 3 is 2.50 bits per heavy atom. The molecular formula is C25H27NO2. The van der Waals surface area contributed by atoms with Crippen LogP contribution in [0.5, 0.6) is 11.5 Å². The normalized spacial score (nSPS) is 16.7. The molecule has 3 nitrogen and oxygen atoms in total. The molecule has 0 saturated heterocycles. The maximum atomic E-state index is 6.38. The van der Waals surface area contributed by atoms with Crippen molar-refractivity contribution < 1.29 is 9.47 Å². The van der Waals surface area contributed by atoms with Gasteiger partial charge in [-0.15, -0.1) is 0 Å². The van der Waals surface area contributed by atoms with Crippen LogP contribution in [0.25, 0.3) is 0 Å². The highest BCUT2D eigenvalue weighted by Gasteiger charge is 2.22. The molecule has 3 heteroatoms. The predicted octanol–water partition coefficient (Wildman–Crippen LogP) is 5.48. The number of aryl methyl sites for hydroxylation is 1. The van der Waals surface area contributed by atoms with Crippen molar-refractivity contribution in [3.63, 3.8) is 0 Å². The van der Waals surface area contributed by atoms with Crippen molar-refractivity contribution in [3.05, 3.63) is 95.6 Å². The molecule has 0 radical (unpaired) electrons. The molecule has 2 unspecified atom stereocenters. The van der Waals surface area contributed by atoms with Gasteiger partial charge in [-0.05, 0) is 61.3 Å². The molecule has 0 aromatic heterocycles. The first-order valence-electron chi connectivity index (χ1n) is 10.0. The second-order valence-corrected chi connectivity index (χ2v) is 7.23. The maximum Gasteiger partial charge on any atom is 0.125 e. The molecule has 4 rings (SSSR count). The van der Waals surface area contributed by atoms with Crippen LogP contribution in [0.4, 0.5) is 0 Å². The number of nitrogens with one attached hydrogen (secondary N) is 1. The number of hydrogen-bond acceptors (Lipinski definition) is 3. The van der Waals surface area contributed by atoms with E-state index < -0.39 is 0 Å². The van der Waals surface area contributed by atoms with E-state index in [0.717, 1.165) is 37.3 Å². The minimum absolute atomic E-state index is 0.0354. The highest BCUT2D eigenvalue weighted by atomic mass is 16.5. The van der Waals surface area contributed by atoms with Gasteiger partial charge in [0.2, 0.25) is 0 Å². The highest BCUT2D eigenvalue weighted by molar-refractivity contribution is 5.42. The van der Waals surface area contributed by atoms with Crippen LogP contribution in [0.1, 0.15) is 41.7 Å². The van der Waals surface area contributed by atoms with Gasteiger partial charge in [0.05, 0.1) is 0 Å². The Balaban J connectivity index is 1.49.